The first kappa shape index (κ1) is 23.0. The van der Waals surface area contributed by atoms with E-state index in [1.807, 2.05) is 49.4 Å². The second-order valence-corrected chi connectivity index (χ2v) is 10.5. The molecule has 34 heavy (non-hydrogen) atoms. The highest BCUT2D eigenvalue weighted by atomic mass is 79.9. The minimum atomic E-state index is -0.106. The van der Waals surface area contributed by atoms with Gasteiger partial charge in [-0.3, -0.25) is 9.69 Å². The number of hydrogen-bond donors (Lipinski definition) is 0. The summed E-state index contributed by atoms with van der Waals surface area (Å²) in [6.07, 6.45) is 5.59. The summed E-state index contributed by atoms with van der Waals surface area (Å²) < 4.78 is 15.1. The first-order valence-corrected chi connectivity index (χ1v) is 12.8. The summed E-state index contributed by atoms with van der Waals surface area (Å²) in [6, 6.07) is 17.8. The van der Waals surface area contributed by atoms with Gasteiger partial charge in [-0.25, -0.2) is 0 Å². The van der Waals surface area contributed by atoms with Crippen molar-refractivity contribution in [3.8, 4) is 5.75 Å². The number of para-hydroxylation sites is 1. The number of benzene rings is 2. The molecule has 2 aromatic heterocycles. The fourth-order valence-electron chi connectivity index (χ4n) is 3.91. The van der Waals surface area contributed by atoms with Gasteiger partial charge in [0, 0.05) is 27.1 Å². The fraction of sp³-hybridized carbons (Fsp3) is 0.154. The van der Waals surface area contributed by atoms with E-state index < -0.39 is 0 Å². The molecule has 1 amide bonds. The number of aromatic nitrogens is 1. The van der Waals surface area contributed by atoms with Gasteiger partial charge in [-0.2, -0.15) is 0 Å². The Morgan fingerprint density at radius 1 is 1.18 bits per heavy atom. The Balaban J connectivity index is 1.40. The zero-order valence-corrected chi connectivity index (χ0v) is 21.6. The lowest BCUT2D eigenvalue weighted by atomic mass is 10.1. The van der Waals surface area contributed by atoms with Crippen molar-refractivity contribution in [1.29, 1.82) is 0 Å². The molecular formula is C26H21BrN2O3S2. The number of carbonyl (C=O) groups excluding carboxylic acids is 1. The topological polar surface area (TPSA) is 47.6 Å². The summed E-state index contributed by atoms with van der Waals surface area (Å²) in [6.45, 7) is 3.59. The number of thioether (sulfide) groups is 1. The minimum Gasteiger partial charge on any atom is -0.491 e. The third-order valence-corrected chi connectivity index (χ3v) is 7.48. The predicted molar refractivity (Wildman–Crippen MR) is 144 cm³/mol. The Hall–Kier alpha value is -2.81. The van der Waals surface area contributed by atoms with Gasteiger partial charge in [-0.15, -0.1) is 0 Å². The van der Waals surface area contributed by atoms with Gasteiger partial charge in [0.15, 0.2) is 0 Å². The SMILES string of the molecule is Cc1ccccc1OCCn1cc(/C=C2\SC(=S)N(Cc3ccco3)C2=O)c2cc(Br)ccc21. The van der Waals surface area contributed by atoms with Crippen molar-refractivity contribution in [3.05, 3.63) is 93.3 Å². The van der Waals surface area contributed by atoms with E-state index in [1.54, 1.807) is 17.2 Å². The molecule has 2 aromatic carbocycles. The summed E-state index contributed by atoms with van der Waals surface area (Å²) in [5.74, 6) is 1.49. The maximum Gasteiger partial charge on any atom is 0.266 e. The van der Waals surface area contributed by atoms with Crippen LogP contribution in [0.5, 0.6) is 5.75 Å². The molecule has 0 atom stereocenters. The highest BCUT2D eigenvalue weighted by Crippen LogP contribution is 2.36. The molecule has 1 aliphatic rings. The standard InChI is InChI=1S/C26H21BrN2O3S2/c1-17-5-2-3-7-23(17)32-12-10-28-15-18(21-14-19(27)8-9-22(21)28)13-24-25(30)29(26(33)34-24)16-20-6-4-11-31-20/h2-9,11,13-15H,10,12,16H2,1H3/b24-13-. The van der Waals surface area contributed by atoms with E-state index in [0.29, 0.717) is 34.7 Å². The van der Waals surface area contributed by atoms with Crippen LogP contribution in [0.15, 0.2) is 80.9 Å². The highest BCUT2D eigenvalue weighted by Gasteiger charge is 2.32. The number of aryl methyl sites for hydroxylation is 1. The van der Waals surface area contributed by atoms with Gasteiger partial charge in [-0.05, 0) is 55.0 Å². The van der Waals surface area contributed by atoms with Crippen LogP contribution in [-0.4, -0.2) is 26.3 Å². The second-order valence-electron chi connectivity index (χ2n) is 7.90. The van der Waals surface area contributed by atoms with Crippen molar-refractivity contribution < 1.29 is 13.9 Å². The number of fused-ring (bicyclic) bond motifs is 1. The molecule has 1 saturated heterocycles. The Morgan fingerprint density at radius 3 is 2.82 bits per heavy atom. The average molecular weight is 554 g/mol. The second kappa shape index (κ2) is 9.82. The van der Waals surface area contributed by atoms with Crippen LogP contribution in [0, 0.1) is 6.92 Å². The summed E-state index contributed by atoms with van der Waals surface area (Å²) in [5.41, 5.74) is 3.15. The van der Waals surface area contributed by atoms with Crippen molar-refractivity contribution in [1.82, 2.24) is 9.47 Å². The van der Waals surface area contributed by atoms with Crippen LogP contribution in [0.2, 0.25) is 0 Å². The van der Waals surface area contributed by atoms with Crippen molar-refractivity contribution >= 4 is 67.1 Å². The summed E-state index contributed by atoms with van der Waals surface area (Å²) in [4.78, 5) is 15.3. The Kier molecular flexibility index (Phi) is 6.63. The highest BCUT2D eigenvalue weighted by molar-refractivity contribution is 9.10. The largest absolute Gasteiger partial charge is 0.491 e. The molecule has 4 aromatic rings. The molecule has 0 bridgehead atoms. The summed E-state index contributed by atoms with van der Waals surface area (Å²) in [5, 5.41) is 1.06. The predicted octanol–water partition coefficient (Wildman–Crippen LogP) is 6.79. The Morgan fingerprint density at radius 2 is 2.03 bits per heavy atom. The van der Waals surface area contributed by atoms with E-state index >= 15 is 0 Å². The van der Waals surface area contributed by atoms with Crippen molar-refractivity contribution in [2.24, 2.45) is 0 Å². The van der Waals surface area contributed by atoms with E-state index in [-0.39, 0.29) is 5.91 Å². The minimum absolute atomic E-state index is 0.106. The van der Waals surface area contributed by atoms with Crippen molar-refractivity contribution in [3.63, 3.8) is 0 Å². The van der Waals surface area contributed by atoms with Crippen molar-refractivity contribution in [2.45, 2.75) is 20.0 Å². The molecule has 1 fully saturated rings. The number of amides is 1. The van der Waals surface area contributed by atoms with Gasteiger partial charge in [-0.1, -0.05) is 58.1 Å². The van der Waals surface area contributed by atoms with Gasteiger partial charge in [0.2, 0.25) is 0 Å². The smallest absolute Gasteiger partial charge is 0.266 e. The molecule has 8 heteroatoms. The number of nitrogens with zero attached hydrogens (tertiary/aromatic N) is 2. The molecule has 0 radical (unpaired) electrons. The van der Waals surface area contributed by atoms with Crippen LogP contribution < -0.4 is 4.74 Å². The number of furan rings is 1. The van der Waals surface area contributed by atoms with Crippen LogP contribution in [0.25, 0.3) is 17.0 Å². The van der Waals surface area contributed by atoms with Crippen LogP contribution in [0.1, 0.15) is 16.9 Å². The number of rotatable bonds is 7. The van der Waals surface area contributed by atoms with E-state index in [4.69, 9.17) is 21.4 Å². The number of thiocarbonyl (C=S) groups is 1. The Labute approximate surface area is 215 Å². The number of hydrogen-bond acceptors (Lipinski definition) is 5. The third-order valence-electron chi connectivity index (χ3n) is 5.61. The molecule has 3 heterocycles. The fourth-order valence-corrected chi connectivity index (χ4v) is 5.51. The summed E-state index contributed by atoms with van der Waals surface area (Å²) in [7, 11) is 0. The lowest BCUT2D eigenvalue weighted by molar-refractivity contribution is -0.122. The van der Waals surface area contributed by atoms with E-state index in [9.17, 15) is 4.79 Å². The van der Waals surface area contributed by atoms with E-state index in [1.165, 1.54) is 11.8 Å². The quantitative estimate of drug-likeness (QED) is 0.186. The molecule has 5 rings (SSSR count). The van der Waals surface area contributed by atoms with Gasteiger partial charge in [0.25, 0.3) is 5.91 Å². The lowest BCUT2D eigenvalue weighted by Crippen LogP contribution is -2.27. The van der Waals surface area contributed by atoms with Gasteiger partial charge < -0.3 is 13.7 Å². The number of halogens is 1. The molecular weight excluding hydrogens is 532 g/mol. The molecule has 0 spiro atoms. The molecule has 1 aliphatic heterocycles. The average Bonchev–Trinajstić information content (AvgIpc) is 3.51. The van der Waals surface area contributed by atoms with Gasteiger partial charge in [0.05, 0.1) is 24.3 Å². The number of carbonyl (C=O) groups is 1. The van der Waals surface area contributed by atoms with Crippen LogP contribution in [0.4, 0.5) is 0 Å². The molecule has 5 nitrogen and oxygen atoms in total. The van der Waals surface area contributed by atoms with E-state index in [0.717, 1.165) is 32.3 Å². The first-order chi connectivity index (χ1) is 16.5. The molecule has 0 aliphatic carbocycles. The molecule has 0 saturated carbocycles. The zero-order chi connectivity index (χ0) is 23.7. The lowest BCUT2D eigenvalue weighted by Gasteiger charge is -2.11. The summed E-state index contributed by atoms with van der Waals surface area (Å²) >= 11 is 10.4. The Bertz CT molecular complexity index is 1410. The zero-order valence-electron chi connectivity index (χ0n) is 18.4. The normalized spacial score (nSPS) is 15.1. The van der Waals surface area contributed by atoms with Gasteiger partial charge in [0.1, 0.15) is 22.4 Å². The molecule has 0 unspecified atom stereocenters. The number of ether oxygens (including phenoxy) is 1. The monoisotopic (exact) mass is 552 g/mol. The van der Waals surface area contributed by atoms with Gasteiger partial charge >= 0.3 is 0 Å². The first-order valence-electron chi connectivity index (χ1n) is 10.7. The van der Waals surface area contributed by atoms with Crippen molar-refractivity contribution in [2.75, 3.05) is 6.61 Å². The van der Waals surface area contributed by atoms with E-state index in [2.05, 4.69) is 38.8 Å². The third kappa shape index (κ3) is 4.71. The maximum atomic E-state index is 13.1. The van der Waals surface area contributed by atoms with Crippen LogP contribution >= 0.6 is 39.9 Å². The van der Waals surface area contributed by atoms with Crippen LogP contribution in [-0.2, 0) is 17.9 Å². The molecule has 172 valence electrons. The molecule has 0 N–H and O–H groups in total. The maximum absolute atomic E-state index is 13.1. The van der Waals surface area contributed by atoms with Crippen LogP contribution in [0.3, 0.4) is 0 Å².